The Morgan fingerprint density at radius 3 is 2.85 bits per heavy atom. The van der Waals surface area contributed by atoms with Crippen LogP contribution in [0.1, 0.15) is 6.92 Å². The molecule has 0 aromatic carbocycles. The van der Waals surface area contributed by atoms with Gasteiger partial charge in [-0.1, -0.05) is 6.07 Å². The van der Waals surface area contributed by atoms with Gasteiger partial charge in [-0.15, -0.1) is 11.3 Å². The van der Waals surface area contributed by atoms with Gasteiger partial charge in [-0.25, -0.2) is 0 Å². The summed E-state index contributed by atoms with van der Waals surface area (Å²) in [5, 5.41) is 5.20. The lowest BCUT2D eigenvalue weighted by molar-refractivity contribution is 0.122. The van der Waals surface area contributed by atoms with Gasteiger partial charge in [0.1, 0.15) is 0 Å². The Morgan fingerprint density at radius 1 is 1.30 bits per heavy atom. The maximum atomic E-state index is 5.38. The van der Waals surface area contributed by atoms with E-state index in [4.69, 9.17) is 4.74 Å². The van der Waals surface area contributed by atoms with Crippen molar-refractivity contribution in [1.29, 1.82) is 0 Å². The number of rotatable bonds is 4. The van der Waals surface area contributed by atoms with Crippen LogP contribution in [0, 0.1) is 0 Å². The number of hydrogen-bond donors (Lipinski definition) is 1. The molecule has 7 heteroatoms. The maximum Gasteiger partial charge on any atom is 0.230 e. The van der Waals surface area contributed by atoms with Gasteiger partial charge >= 0.3 is 0 Å². The third-order valence-corrected chi connectivity index (χ3v) is 3.86. The summed E-state index contributed by atoms with van der Waals surface area (Å²) in [4.78, 5) is 16.8. The van der Waals surface area contributed by atoms with Gasteiger partial charge in [0, 0.05) is 19.6 Å². The Labute approximate surface area is 121 Å². The van der Waals surface area contributed by atoms with Crippen LogP contribution in [0.25, 0.3) is 10.7 Å². The standard InChI is InChI=1S/C13H17N5OS/c1-2-14-12-15-11(10-4-3-9-20-10)16-13(17-12)18-5-7-19-8-6-18/h3-4,9H,2,5-8H2,1H3,(H,14,15,16,17). The monoisotopic (exact) mass is 291 g/mol. The highest BCUT2D eigenvalue weighted by atomic mass is 32.1. The van der Waals surface area contributed by atoms with Crippen molar-refractivity contribution in [3.05, 3.63) is 17.5 Å². The molecule has 0 saturated carbocycles. The molecule has 0 amide bonds. The highest BCUT2D eigenvalue weighted by molar-refractivity contribution is 7.13. The number of anilines is 2. The zero-order valence-electron chi connectivity index (χ0n) is 11.4. The van der Waals surface area contributed by atoms with Crippen LogP contribution in [0.15, 0.2) is 17.5 Å². The van der Waals surface area contributed by atoms with Crippen molar-refractivity contribution < 1.29 is 4.74 Å². The molecule has 0 bridgehead atoms. The number of nitrogens with one attached hydrogen (secondary N) is 1. The van der Waals surface area contributed by atoms with Crippen molar-refractivity contribution in [2.75, 3.05) is 43.1 Å². The summed E-state index contributed by atoms with van der Waals surface area (Å²) in [6.07, 6.45) is 0. The number of thiophene rings is 1. The molecule has 20 heavy (non-hydrogen) atoms. The second-order valence-electron chi connectivity index (χ2n) is 4.39. The van der Waals surface area contributed by atoms with Gasteiger partial charge in [0.15, 0.2) is 5.82 Å². The Morgan fingerprint density at radius 2 is 2.15 bits per heavy atom. The fourth-order valence-electron chi connectivity index (χ4n) is 2.02. The zero-order valence-corrected chi connectivity index (χ0v) is 12.2. The third-order valence-electron chi connectivity index (χ3n) is 2.99. The molecule has 0 spiro atoms. The van der Waals surface area contributed by atoms with Gasteiger partial charge in [0.05, 0.1) is 18.1 Å². The van der Waals surface area contributed by atoms with Gasteiger partial charge in [0.2, 0.25) is 11.9 Å². The van der Waals surface area contributed by atoms with Gasteiger partial charge in [-0.2, -0.15) is 15.0 Å². The SMILES string of the molecule is CCNc1nc(-c2cccs2)nc(N2CCOCC2)n1. The van der Waals surface area contributed by atoms with E-state index in [1.807, 2.05) is 24.4 Å². The highest BCUT2D eigenvalue weighted by Crippen LogP contribution is 2.24. The van der Waals surface area contributed by atoms with E-state index in [-0.39, 0.29) is 0 Å². The second kappa shape index (κ2) is 6.15. The first-order valence-corrected chi connectivity index (χ1v) is 7.61. The summed E-state index contributed by atoms with van der Waals surface area (Å²) in [6, 6.07) is 4.03. The molecule has 0 radical (unpaired) electrons. The first kappa shape index (κ1) is 13.3. The number of hydrogen-bond acceptors (Lipinski definition) is 7. The number of morpholine rings is 1. The van der Waals surface area contributed by atoms with Crippen molar-refractivity contribution in [3.8, 4) is 10.7 Å². The van der Waals surface area contributed by atoms with E-state index < -0.39 is 0 Å². The van der Waals surface area contributed by atoms with E-state index in [1.165, 1.54) is 0 Å². The van der Waals surface area contributed by atoms with Crippen molar-refractivity contribution in [3.63, 3.8) is 0 Å². The van der Waals surface area contributed by atoms with Crippen molar-refractivity contribution in [1.82, 2.24) is 15.0 Å². The zero-order chi connectivity index (χ0) is 13.8. The lowest BCUT2D eigenvalue weighted by Crippen LogP contribution is -2.37. The predicted octanol–water partition coefficient (Wildman–Crippen LogP) is 1.87. The summed E-state index contributed by atoms with van der Waals surface area (Å²) < 4.78 is 5.38. The fourth-order valence-corrected chi connectivity index (χ4v) is 2.68. The van der Waals surface area contributed by atoms with Gasteiger partial charge < -0.3 is 15.0 Å². The fraction of sp³-hybridized carbons (Fsp3) is 0.462. The molecule has 1 N–H and O–H groups in total. The first-order chi connectivity index (χ1) is 9.86. The molecule has 3 heterocycles. The molecule has 0 aliphatic carbocycles. The molecule has 1 saturated heterocycles. The van der Waals surface area contributed by atoms with Crippen LogP contribution in [0.5, 0.6) is 0 Å². The number of nitrogens with zero attached hydrogens (tertiary/aromatic N) is 4. The molecular formula is C13H17N5OS. The van der Waals surface area contributed by atoms with E-state index in [0.717, 1.165) is 49.5 Å². The normalized spacial score (nSPS) is 15.3. The minimum absolute atomic E-state index is 0.632. The summed E-state index contributed by atoms with van der Waals surface area (Å²) in [5.74, 6) is 2.09. The average molecular weight is 291 g/mol. The van der Waals surface area contributed by atoms with E-state index in [0.29, 0.717) is 5.95 Å². The molecule has 106 valence electrons. The van der Waals surface area contributed by atoms with Gasteiger partial charge in [-0.3, -0.25) is 0 Å². The molecule has 0 unspecified atom stereocenters. The second-order valence-corrected chi connectivity index (χ2v) is 5.34. The molecule has 1 aliphatic rings. The lowest BCUT2D eigenvalue weighted by Gasteiger charge is -2.27. The molecule has 3 rings (SSSR count). The van der Waals surface area contributed by atoms with Gasteiger partial charge in [0.25, 0.3) is 0 Å². The summed E-state index contributed by atoms with van der Waals surface area (Å²) in [6.45, 7) is 5.89. The maximum absolute atomic E-state index is 5.38. The van der Waals surface area contributed by atoms with Crippen LogP contribution < -0.4 is 10.2 Å². The molecule has 2 aromatic heterocycles. The van der Waals surface area contributed by atoms with E-state index in [1.54, 1.807) is 11.3 Å². The van der Waals surface area contributed by atoms with Crippen molar-refractivity contribution in [2.24, 2.45) is 0 Å². The molecule has 6 nitrogen and oxygen atoms in total. The van der Waals surface area contributed by atoms with E-state index >= 15 is 0 Å². The predicted molar refractivity (Wildman–Crippen MR) is 80.3 cm³/mol. The highest BCUT2D eigenvalue weighted by Gasteiger charge is 2.17. The Hall–Kier alpha value is -1.73. The minimum atomic E-state index is 0.632. The van der Waals surface area contributed by atoms with Crippen molar-refractivity contribution >= 4 is 23.2 Å². The number of ether oxygens (including phenoxy) is 1. The minimum Gasteiger partial charge on any atom is -0.378 e. The Balaban J connectivity index is 1.95. The Bertz CT molecular complexity index is 554. The third kappa shape index (κ3) is 2.88. The van der Waals surface area contributed by atoms with Crippen LogP contribution in [0.2, 0.25) is 0 Å². The van der Waals surface area contributed by atoms with Crippen LogP contribution in [-0.2, 0) is 4.74 Å². The van der Waals surface area contributed by atoms with Crippen LogP contribution in [0.3, 0.4) is 0 Å². The topological polar surface area (TPSA) is 63.2 Å². The van der Waals surface area contributed by atoms with Crippen LogP contribution in [-0.4, -0.2) is 47.8 Å². The smallest absolute Gasteiger partial charge is 0.230 e. The van der Waals surface area contributed by atoms with Crippen LogP contribution >= 0.6 is 11.3 Å². The molecule has 2 aromatic rings. The summed E-state index contributed by atoms with van der Waals surface area (Å²) >= 11 is 1.63. The summed E-state index contributed by atoms with van der Waals surface area (Å²) in [5.41, 5.74) is 0. The molecule has 1 aliphatic heterocycles. The molecule has 1 fully saturated rings. The first-order valence-electron chi connectivity index (χ1n) is 6.73. The van der Waals surface area contributed by atoms with Crippen LogP contribution in [0.4, 0.5) is 11.9 Å². The largest absolute Gasteiger partial charge is 0.378 e. The Kier molecular flexibility index (Phi) is 4.08. The molecule has 0 atom stereocenters. The van der Waals surface area contributed by atoms with E-state index in [9.17, 15) is 0 Å². The van der Waals surface area contributed by atoms with Crippen molar-refractivity contribution in [2.45, 2.75) is 6.92 Å². The van der Waals surface area contributed by atoms with Gasteiger partial charge in [-0.05, 0) is 18.4 Å². The lowest BCUT2D eigenvalue weighted by atomic mass is 10.4. The molecular weight excluding hydrogens is 274 g/mol. The average Bonchev–Trinajstić information content (AvgIpc) is 3.02. The number of aromatic nitrogens is 3. The van der Waals surface area contributed by atoms with E-state index in [2.05, 4.69) is 25.2 Å². The quantitative estimate of drug-likeness (QED) is 0.928. The summed E-state index contributed by atoms with van der Waals surface area (Å²) in [7, 11) is 0.